The average Bonchev–Trinajstić information content (AvgIpc) is 2.27. The molecule has 1 rings (SSSR count). The Morgan fingerprint density at radius 2 is 2.11 bits per heavy atom. The number of hydrogen-bond acceptors (Lipinski definition) is 4. The summed E-state index contributed by atoms with van der Waals surface area (Å²) in [6.45, 7) is 1.44. The Morgan fingerprint density at radius 1 is 1.44 bits per heavy atom. The summed E-state index contributed by atoms with van der Waals surface area (Å²) in [4.78, 5) is 22.1. The predicted octanol–water partition coefficient (Wildman–Crippen LogP) is 1.11. The van der Waals surface area contributed by atoms with Crippen LogP contribution in [-0.2, 0) is 20.7 Å². The van der Waals surface area contributed by atoms with Crippen molar-refractivity contribution in [1.82, 2.24) is 0 Å². The van der Waals surface area contributed by atoms with E-state index in [-0.39, 0.29) is 18.3 Å². The van der Waals surface area contributed by atoms with Crippen molar-refractivity contribution in [2.75, 3.05) is 12.4 Å². The normalized spacial score (nSPS) is 11.1. The number of esters is 1. The molecule has 0 aliphatic carbocycles. The van der Waals surface area contributed by atoms with Crippen molar-refractivity contribution in [1.29, 1.82) is 0 Å². The van der Waals surface area contributed by atoms with Gasteiger partial charge in [0.15, 0.2) is 0 Å². The summed E-state index contributed by atoms with van der Waals surface area (Å²) in [5.41, 5.74) is 7.21. The van der Waals surface area contributed by atoms with Crippen molar-refractivity contribution in [2.24, 2.45) is 5.73 Å². The molecule has 1 unspecified atom stereocenters. The topological polar surface area (TPSA) is 81.4 Å². The first-order chi connectivity index (χ1) is 8.02. The number of halogens is 1. The molecule has 0 aliphatic rings. The van der Waals surface area contributed by atoms with E-state index in [9.17, 15) is 9.59 Å². The minimum atomic E-state index is -0.687. The predicted molar refractivity (Wildman–Crippen MR) is 71.7 cm³/mol. The molecule has 1 atom stereocenters. The molecule has 18 heavy (non-hydrogen) atoms. The van der Waals surface area contributed by atoms with Crippen molar-refractivity contribution in [2.45, 2.75) is 19.4 Å². The number of nitrogens with one attached hydrogen (secondary N) is 1. The SMILES string of the molecule is COC(=O)C(N)Cc1cccc(NC(C)=O)c1.Cl. The minimum Gasteiger partial charge on any atom is -0.468 e. The molecule has 0 aromatic heterocycles. The van der Waals surface area contributed by atoms with Crippen LogP contribution in [0.4, 0.5) is 5.69 Å². The first kappa shape index (κ1) is 16.4. The molecule has 0 heterocycles. The first-order valence-electron chi connectivity index (χ1n) is 5.23. The van der Waals surface area contributed by atoms with Crippen molar-refractivity contribution in [3.05, 3.63) is 29.8 Å². The number of nitrogens with two attached hydrogens (primary N) is 1. The van der Waals surface area contributed by atoms with Crippen LogP contribution in [0.5, 0.6) is 0 Å². The lowest BCUT2D eigenvalue weighted by atomic mass is 10.1. The monoisotopic (exact) mass is 272 g/mol. The standard InChI is InChI=1S/C12H16N2O3.ClH/c1-8(15)14-10-5-3-4-9(6-10)7-11(13)12(16)17-2;/h3-6,11H,7,13H2,1-2H3,(H,14,15);1H. The van der Waals surface area contributed by atoms with E-state index in [1.165, 1.54) is 14.0 Å². The van der Waals surface area contributed by atoms with Crippen molar-refractivity contribution in [3.63, 3.8) is 0 Å². The quantitative estimate of drug-likeness (QED) is 0.805. The third kappa shape index (κ3) is 5.16. The number of rotatable bonds is 4. The van der Waals surface area contributed by atoms with Gasteiger partial charge in [-0.15, -0.1) is 12.4 Å². The summed E-state index contributed by atoms with van der Waals surface area (Å²) in [6, 6.07) is 6.50. The lowest BCUT2D eigenvalue weighted by Crippen LogP contribution is -2.33. The number of hydrogen-bond donors (Lipinski definition) is 2. The van der Waals surface area contributed by atoms with E-state index < -0.39 is 12.0 Å². The van der Waals surface area contributed by atoms with Gasteiger partial charge < -0.3 is 15.8 Å². The van der Waals surface area contributed by atoms with Crippen LogP contribution < -0.4 is 11.1 Å². The summed E-state index contributed by atoms with van der Waals surface area (Å²) < 4.78 is 4.55. The molecule has 1 aromatic rings. The maximum absolute atomic E-state index is 11.2. The largest absolute Gasteiger partial charge is 0.468 e. The van der Waals surface area contributed by atoms with Crippen LogP contribution in [-0.4, -0.2) is 25.0 Å². The summed E-state index contributed by atoms with van der Waals surface area (Å²) in [7, 11) is 1.30. The van der Waals surface area contributed by atoms with Crippen molar-refractivity contribution < 1.29 is 14.3 Å². The van der Waals surface area contributed by atoms with Gasteiger partial charge in [0, 0.05) is 12.6 Å². The molecule has 0 radical (unpaired) electrons. The number of anilines is 1. The number of carbonyl (C=O) groups is 2. The highest BCUT2D eigenvalue weighted by Crippen LogP contribution is 2.12. The van der Waals surface area contributed by atoms with E-state index in [0.29, 0.717) is 12.1 Å². The molecular weight excluding hydrogens is 256 g/mol. The number of carbonyl (C=O) groups excluding carboxylic acids is 2. The Bertz CT molecular complexity index is 424. The fourth-order valence-electron chi connectivity index (χ4n) is 1.47. The van der Waals surface area contributed by atoms with Crippen LogP contribution >= 0.6 is 12.4 Å². The van der Waals surface area contributed by atoms with Crippen LogP contribution in [0.1, 0.15) is 12.5 Å². The van der Waals surface area contributed by atoms with Gasteiger partial charge in [0.25, 0.3) is 0 Å². The number of methoxy groups -OCH3 is 1. The second-order valence-corrected chi connectivity index (χ2v) is 3.72. The Labute approximate surface area is 112 Å². The zero-order valence-electron chi connectivity index (χ0n) is 10.3. The van der Waals surface area contributed by atoms with E-state index in [1.807, 2.05) is 6.07 Å². The van der Waals surface area contributed by atoms with E-state index in [0.717, 1.165) is 5.56 Å². The molecule has 0 saturated heterocycles. The fraction of sp³-hybridized carbons (Fsp3) is 0.333. The molecule has 0 bridgehead atoms. The van der Waals surface area contributed by atoms with Crippen LogP contribution in [0.25, 0.3) is 0 Å². The number of amides is 1. The Balaban J connectivity index is 0.00000289. The fourth-order valence-corrected chi connectivity index (χ4v) is 1.47. The van der Waals surface area contributed by atoms with Gasteiger partial charge in [0.1, 0.15) is 6.04 Å². The van der Waals surface area contributed by atoms with Gasteiger partial charge in [-0.2, -0.15) is 0 Å². The van der Waals surface area contributed by atoms with Gasteiger partial charge >= 0.3 is 5.97 Å². The van der Waals surface area contributed by atoms with Crippen molar-refractivity contribution >= 4 is 30.0 Å². The molecule has 3 N–H and O–H groups in total. The van der Waals surface area contributed by atoms with Gasteiger partial charge in [-0.1, -0.05) is 12.1 Å². The van der Waals surface area contributed by atoms with Gasteiger partial charge in [0.05, 0.1) is 7.11 Å². The molecule has 1 aromatic carbocycles. The van der Waals surface area contributed by atoms with E-state index in [2.05, 4.69) is 10.1 Å². The Kier molecular flexibility index (Phi) is 7.00. The second kappa shape index (κ2) is 7.68. The Morgan fingerprint density at radius 3 is 2.67 bits per heavy atom. The number of ether oxygens (including phenoxy) is 1. The molecule has 5 nitrogen and oxygen atoms in total. The van der Waals surface area contributed by atoms with E-state index in [1.54, 1.807) is 18.2 Å². The summed E-state index contributed by atoms with van der Waals surface area (Å²) in [5, 5.41) is 2.67. The summed E-state index contributed by atoms with van der Waals surface area (Å²) in [5.74, 6) is -0.589. The lowest BCUT2D eigenvalue weighted by Gasteiger charge is -2.10. The Hall–Kier alpha value is -1.59. The van der Waals surface area contributed by atoms with E-state index in [4.69, 9.17) is 5.73 Å². The first-order valence-corrected chi connectivity index (χ1v) is 5.23. The third-order valence-electron chi connectivity index (χ3n) is 2.21. The van der Waals surface area contributed by atoms with Crippen molar-refractivity contribution in [3.8, 4) is 0 Å². The third-order valence-corrected chi connectivity index (χ3v) is 2.21. The highest BCUT2D eigenvalue weighted by atomic mass is 35.5. The average molecular weight is 273 g/mol. The summed E-state index contributed by atoms with van der Waals surface area (Å²) in [6.07, 6.45) is 0.375. The van der Waals surface area contributed by atoms with Gasteiger partial charge in [-0.3, -0.25) is 9.59 Å². The van der Waals surface area contributed by atoms with Crippen LogP contribution in [0.15, 0.2) is 24.3 Å². The highest BCUT2D eigenvalue weighted by Gasteiger charge is 2.14. The smallest absolute Gasteiger partial charge is 0.322 e. The highest BCUT2D eigenvalue weighted by molar-refractivity contribution is 5.88. The zero-order valence-corrected chi connectivity index (χ0v) is 11.1. The molecule has 0 spiro atoms. The van der Waals surface area contributed by atoms with Crippen LogP contribution in [0, 0.1) is 0 Å². The van der Waals surface area contributed by atoms with Gasteiger partial charge in [-0.05, 0) is 24.1 Å². The maximum atomic E-state index is 11.2. The van der Waals surface area contributed by atoms with Crippen LogP contribution in [0.3, 0.4) is 0 Å². The molecule has 100 valence electrons. The molecule has 0 saturated carbocycles. The van der Waals surface area contributed by atoms with Gasteiger partial charge in [-0.25, -0.2) is 0 Å². The van der Waals surface area contributed by atoms with Crippen LogP contribution in [0.2, 0.25) is 0 Å². The minimum absolute atomic E-state index is 0. The summed E-state index contributed by atoms with van der Waals surface area (Å²) >= 11 is 0. The molecule has 0 fully saturated rings. The lowest BCUT2D eigenvalue weighted by molar-refractivity contribution is -0.142. The zero-order chi connectivity index (χ0) is 12.8. The number of benzene rings is 1. The maximum Gasteiger partial charge on any atom is 0.322 e. The molecular formula is C12H17ClN2O3. The second-order valence-electron chi connectivity index (χ2n) is 3.72. The van der Waals surface area contributed by atoms with Gasteiger partial charge in [0.2, 0.25) is 5.91 Å². The molecule has 6 heteroatoms. The molecule has 0 aliphatic heterocycles. The van der Waals surface area contributed by atoms with E-state index >= 15 is 0 Å². The molecule has 1 amide bonds.